The maximum atomic E-state index is 10.8. The maximum absolute atomic E-state index is 10.8. The second-order valence-corrected chi connectivity index (χ2v) is 27.0. The zero-order valence-corrected chi connectivity index (χ0v) is 71.9. The molecule has 2 radical (unpaired) electrons. The van der Waals surface area contributed by atoms with Crippen LogP contribution in [-0.4, -0.2) is 73.0 Å². The summed E-state index contributed by atoms with van der Waals surface area (Å²) in [6.45, 7) is 14.8. The molecule has 6 heterocycles. The molecule has 13 nitrogen and oxygen atoms in total. The van der Waals surface area contributed by atoms with Gasteiger partial charge in [-0.2, -0.15) is 22.7 Å². The first-order valence-corrected chi connectivity index (χ1v) is 35.0. The zero-order chi connectivity index (χ0) is 73.6. The number of hydrogen-bond donors (Lipinski definition) is 4. The van der Waals surface area contributed by atoms with Gasteiger partial charge in [0.25, 0.3) is 6.47 Å². The number of benzene rings is 12. The van der Waals surface area contributed by atoms with E-state index in [1.807, 2.05) is 76.3 Å². The van der Waals surface area contributed by atoms with Gasteiger partial charge < -0.3 is 32.0 Å². The number of aryl methyl sites for hydroxylation is 2. The molecular formula is C90H76Ir2N4Na2O9S2-2. The summed E-state index contributed by atoms with van der Waals surface area (Å²) in [4.78, 5) is 50.7. The summed E-state index contributed by atoms with van der Waals surface area (Å²) in [5, 5.41) is 63.3. The number of carboxylic acid groups (broad SMARTS) is 2. The van der Waals surface area contributed by atoms with E-state index in [0.717, 1.165) is 103 Å². The van der Waals surface area contributed by atoms with Gasteiger partial charge in [-0.1, -0.05) is 176 Å². The molecule has 19 heteroatoms. The van der Waals surface area contributed by atoms with Crippen LogP contribution in [0.5, 0.6) is 0 Å². The van der Waals surface area contributed by atoms with Gasteiger partial charge in [0.05, 0.1) is 11.0 Å². The van der Waals surface area contributed by atoms with Crippen LogP contribution in [0.25, 0.3) is 149 Å². The molecule has 6 aromatic heterocycles. The van der Waals surface area contributed by atoms with Gasteiger partial charge in [-0.25, -0.2) is 19.6 Å². The number of hydrogen-bond acceptors (Lipinski definition) is 13. The summed E-state index contributed by atoms with van der Waals surface area (Å²) in [7, 11) is 2.00. The Morgan fingerprint density at radius 1 is 0.376 bits per heavy atom. The smallest absolute Gasteiger partial charge is 1.00 e. The summed E-state index contributed by atoms with van der Waals surface area (Å²) >= 11 is 3.69. The molecule has 0 aliphatic rings. The van der Waals surface area contributed by atoms with Gasteiger partial charge in [-0.3, -0.25) is 14.8 Å². The van der Waals surface area contributed by atoms with E-state index in [2.05, 4.69) is 233 Å². The number of rotatable bonds is 5. The first-order valence-electron chi connectivity index (χ1n) is 33.4. The minimum atomic E-state index is -0.955. The number of carbonyl (C=O) groups excluding carboxylic acids is 1. The van der Waals surface area contributed by atoms with E-state index >= 15 is 0 Å². The number of para-hydroxylation sites is 2. The number of carboxylic acids is 2. The third-order valence-corrected chi connectivity index (χ3v) is 21.6. The standard InChI is InChI=1S/2C33H18NS.2C10H13NO2.CH2O3.2CH4O.CH4.2Ir.2Na.H/c2*1-6-12-30-20(7-1)13-15-31(34-30)21-14-16-32-28(17-21)29-18-26-24-10-4-2-8-22(24)23-9-3-5-11-25(23)27(26)19-33(29)35-32;2*1-5-6(2)8(4)11-9(7(5)3)10(12)13;2-1-4-3;2*1-2;;;;;;/h2*1-13,15-19H;2*1-4H3,(H,12,13);1,3H;2*2H,1H3;1H4;;;;;/q2*-1;;;;;;;;;2*+1;-1/p-1. The van der Waals surface area contributed by atoms with Crippen LogP contribution < -0.4 is 64.4 Å². The van der Waals surface area contributed by atoms with Crippen molar-refractivity contribution in [2.24, 2.45) is 0 Å². The average Bonchev–Trinajstić information content (AvgIpc) is 1.42. The molecule has 0 fully saturated rings. The van der Waals surface area contributed by atoms with E-state index in [0.29, 0.717) is 0 Å². The van der Waals surface area contributed by atoms with E-state index in [1.54, 1.807) is 13.8 Å². The largest absolute Gasteiger partial charge is 1.00 e. The Kier molecular flexibility index (Phi) is 31.2. The molecule has 0 unspecified atom stereocenters. The predicted molar refractivity (Wildman–Crippen MR) is 434 cm³/mol. The van der Waals surface area contributed by atoms with Gasteiger partial charge in [0.15, 0.2) is 11.4 Å². The fourth-order valence-corrected chi connectivity index (χ4v) is 15.7. The van der Waals surface area contributed by atoms with E-state index in [4.69, 9.17) is 40.4 Å². The quantitative estimate of drug-likeness (QED) is 0.0315. The number of aliphatic hydroxyl groups is 2. The average molecular weight is 1850 g/mol. The minimum absolute atomic E-state index is 0. The predicted octanol–water partition coefficient (Wildman–Crippen LogP) is 15.5. The summed E-state index contributed by atoms with van der Waals surface area (Å²) < 4.78 is 5.14. The number of aromatic nitrogens is 4. The van der Waals surface area contributed by atoms with Gasteiger partial charge in [0.2, 0.25) is 0 Å². The molecule has 109 heavy (non-hydrogen) atoms. The van der Waals surface area contributed by atoms with Crippen molar-refractivity contribution in [1.82, 2.24) is 19.9 Å². The molecule has 12 aromatic carbocycles. The van der Waals surface area contributed by atoms with Crippen molar-refractivity contribution < 1.29 is 146 Å². The van der Waals surface area contributed by atoms with Crippen molar-refractivity contribution in [3.63, 3.8) is 0 Å². The topological polar surface area (TPSA) is 216 Å². The molecule has 0 saturated carbocycles. The van der Waals surface area contributed by atoms with Crippen LogP contribution in [0.15, 0.2) is 218 Å². The SMILES string of the molecule is C.CO.CO.Cc1nc(C(=O)O)c(C)c(C)c1C.Cc1nc(C(=O)O)c(C)c(C)c1C.O=CO[O-].[H-].[Ir].[Ir].[Na+].[Na+].[c-]1cc2sc3cc4c5ccccc5c5ccccc5c4cc3c2cc1-c1ccc2ccccc2n1.[c-]1cc2sc3cc4c5ccccc5c5ccccc5c4cc3c2cc1-c1ccc2ccccc2n1. The molecule has 0 spiro atoms. The zero-order valence-electron chi connectivity index (χ0n) is 62.5. The number of aromatic carboxylic acids is 2. The Hall–Kier alpha value is -8.65. The Bertz CT molecular complexity index is 6040. The van der Waals surface area contributed by atoms with Crippen LogP contribution in [0, 0.1) is 67.5 Å². The van der Waals surface area contributed by atoms with Crippen molar-refractivity contribution in [3.05, 3.63) is 287 Å². The number of pyridine rings is 4. The minimum Gasteiger partial charge on any atom is -1.00 e. The van der Waals surface area contributed by atoms with Gasteiger partial charge >= 0.3 is 71.1 Å². The van der Waals surface area contributed by atoms with Crippen LogP contribution in [-0.2, 0) is 49.9 Å². The van der Waals surface area contributed by atoms with E-state index in [9.17, 15) is 9.59 Å². The Labute approximate surface area is 712 Å². The molecule has 0 atom stereocenters. The molecule has 0 aliphatic carbocycles. The third kappa shape index (κ3) is 17.7. The normalized spacial score (nSPS) is 10.4. The van der Waals surface area contributed by atoms with Crippen molar-refractivity contribution >= 4 is 168 Å². The molecule has 18 rings (SSSR count). The first kappa shape index (κ1) is 87.6. The van der Waals surface area contributed by atoms with Crippen LogP contribution >= 0.6 is 22.7 Å². The van der Waals surface area contributed by atoms with Crippen LogP contribution in [0.3, 0.4) is 0 Å². The van der Waals surface area contributed by atoms with E-state index in [-0.39, 0.29) is 126 Å². The van der Waals surface area contributed by atoms with Crippen molar-refractivity contribution in [1.29, 1.82) is 0 Å². The summed E-state index contributed by atoms with van der Waals surface area (Å²) in [5.74, 6) is -1.91. The van der Waals surface area contributed by atoms with Crippen molar-refractivity contribution in [2.45, 2.75) is 62.8 Å². The number of fused-ring (bicyclic) bond motifs is 20. The molecular weight excluding hydrogens is 1780 g/mol. The number of carbonyl (C=O) groups is 3. The summed E-state index contributed by atoms with van der Waals surface area (Å²) in [6, 6.07) is 85.5. The van der Waals surface area contributed by atoms with Gasteiger partial charge in [0.1, 0.15) is 0 Å². The van der Waals surface area contributed by atoms with E-state index in [1.165, 1.54) is 105 Å². The number of thiophene rings is 2. The fourth-order valence-electron chi connectivity index (χ4n) is 13.5. The fraction of sp³-hybridized carbons (Fsp3) is 0.122. The Balaban J connectivity index is 0.000000236. The number of nitrogens with zero attached hydrogens (tertiary/aromatic N) is 4. The third-order valence-electron chi connectivity index (χ3n) is 19.3. The molecule has 0 amide bonds. The maximum Gasteiger partial charge on any atom is 1.00 e. The second-order valence-electron chi connectivity index (χ2n) is 24.8. The number of aliphatic hydroxyl groups excluding tert-OH is 2. The van der Waals surface area contributed by atoms with Crippen molar-refractivity contribution in [3.8, 4) is 22.5 Å². The molecule has 4 N–H and O–H groups in total. The monoisotopic (exact) mass is 1850 g/mol. The molecule has 544 valence electrons. The van der Waals surface area contributed by atoms with Crippen molar-refractivity contribution in [2.75, 3.05) is 14.2 Å². The molecule has 0 bridgehead atoms. The van der Waals surface area contributed by atoms with E-state index < -0.39 is 11.9 Å². The van der Waals surface area contributed by atoms with Crippen LogP contribution in [0.2, 0.25) is 0 Å². The molecule has 0 saturated heterocycles. The van der Waals surface area contributed by atoms with Gasteiger partial charge in [0, 0.05) is 75.2 Å². The second kappa shape index (κ2) is 38.8. The van der Waals surface area contributed by atoms with Gasteiger partial charge in [-0.05, 0) is 232 Å². The Morgan fingerprint density at radius 3 is 0.954 bits per heavy atom. The van der Waals surface area contributed by atoms with Crippen LogP contribution in [0.1, 0.15) is 74.6 Å². The molecule has 0 aliphatic heterocycles. The summed E-state index contributed by atoms with van der Waals surface area (Å²) in [5.41, 5.74) is 13.6. The first-order chi connectivity index (χ1) is 50.5. The van der Waals surface area contributed by atoms with Crippen LogP contribution in [0.4, 0.5) is 0 Å². The van der Waals surface area contributed by atoms with Gasteiger partial charge in [-0.15, -0.1) is 47.5 Å². The summed E-state index contributed by atoms with van der Waals surface area (Å²) in [6.07, 6.45) is 0. The Morgan fingerprint density at radius 2 is 0.651 bits per heavy atom. The molecule has 18 aromatic rings.